The van der Waals surface area contributed by atoms with Gasteiger partial charge in [-0.25, -0.2) is 9.07 Å². The number of halogens is 2. The topological polar surface area (TPSA) is 104 Å². The monoisotopic (exact) mass is 576 g/mol. The summed E-state index contributed by atoms with van der Waals surface area (Å²) < 4.78 is 15.7. The first-order chi connectivity index (χ1) is 20.2. The third kappa shape index (κ3) is 5.28. The number of nitrogens with zero attached hydrogens (tertiary/aromatic N) is 6. The van der Waals surface area contributed by atoms with E-state index in [2.05, 4.69) is 50.8 Å². The van der Waals surface area contributed by atoms with E-state index in [4.69, 9.17) is 19.4 Å². The second-order valence-corrected chi connectivity index (χ2v) is 11.6. The van der Waals surface area contributed by atoms with Crippen molar-refractivity contribution in [2.24, 2.45) is 0 Å². The quantitative estimate of drug-likeness (QED) is 0.205. The van der Waals surface area contributed by atoms with E-state index in [-0.39, 0.29) is 11.2 Å². The summed E-state index contributed by atoms with van der Waals surface area (Å²) in [5.41, 5.74) is 2.32. The van der Waals surface area contributed by atoms with Crippen molar-refractivity contribution in [3.8, 4) is 6.07 Å². The molecule has 1 saturated carbocycles. The minimum Gasteiger partial charge on any atom is -0.382 e. The lowest BCUT2D eigenvalue weighted by Crippen LogP contribution is -2.37. The highest BCUT2D eigenvalue weighted by molar-refractivity contribution is 6.36. The van der Waals surface area contributed by atoms with E-state index in [1.807, 2.05) is 35.1 Å². The molecule has 2 radical (unpaired) electrons. The van der Waals surface area contributed by atoms with Crippen molar-refractivity contribution in [3.63, 3.8) is 0 Å². The lowest BCUT2D eigenvalue weighted by molar-refractivity contribution is 0.538. The number of hydrogen-bond donors (Lipinski definition) is 2. The van der Waals surface area contributed by atoms with Crippen LogP contribution in [0.15, 0.2) is 73.2 Å². The fourth-order valence-corrected chi connectivity index (χ4v) is 5.24. The minimum atomic E-state index is -1.37. The van der Waals surface area contributed by atoms with Crippen LogP contribution in [0.4, 0.5) is 15.8 Å². The first-order valence-electron chi connectivity index (χ1n) is 13.6. The van der Waals surface area contributed by atoms with Crippen molar-refractivity contribution in [2.75, 3.05) is 17.2 Å². The van der Waals surface area contributed by atoms with E-state index < -0.39 is 5.44 Å². The highest BCUT2D eigenvalue weighted by Gasteiger charge is 2.34. The second-order valence-electron chi connectivity index (χ2n) is 11.2. The third-order valence-corrected chi connectivity index (χ3v) is 7.88. The number of aromatic nitrogens is 5. The Balaban J connectivity index is 1.41. The number of benzene rings is 2. The molecule has 8 nitrogen and oxygen atoms in total. The molecule has 3 aromatic heterocycles. The summed E-state index contributed by atoms with van der Waals surface area (Å²) in [5, 5.41) is 26.5. The van der Waals surface area contributed by atoms with Gasteiger partial charge in [0.05, 0.1) is 39.5 Å². The van der Waals surface area contributed by atoms with Crippen LogP contribution >= 0.6 is 11.6 Å². The maximum Gasteiger partial charge on any atom is 0.123 e. The molecule has 0 saturated heterocycles. The van der Waals surface area contributed by atoms with Crippen LogP contribution in [0.25, 0.3) is 10.9 Å². The first kappa shape index (κ1) is 27.7. The Morgan fingerprint density at radius 3 is 2.60 bits per heavy atom. The zero-order chi connectivity index (χ0) is 29.5. The molecule has 1 aliphatic carbocycles. The predicted molar refractivity (Wildman–Crippen MR) is 162 cm³/mol. The van der Waals surface area contributed by atoms with Crippen LogP contribution in [0, 0.1) is 17.1 Å². The van der Waals surface area contributed by atoms with Gasteiger partial charge in [0, 0.05) is 41.1 Å². The highest BCUT2D eigenvalue weighted by atomic mass is 35.5. The molecule has 0 aliphatic heterocycles. The van der Waals surface area contributed by atoms with Crippen molar-refractivity contribution in [2.45, 2.75) is 43.6 Å². The molecule has 1 unspecified atom stereocenters. The van der Waals surface area contributed by atoms with Crippen LogP contribution in [0.2, 0.25) is 5.02 Å². The summed E-state index contributed by atoms with van der Waals surface area (Å²) in [6.07, 6.45) is 7.16. The number of anilines is 2. The van der Waals surface area contributed by atoms with E-state index in [9.17, 15) is 9.65 Å². The van der Waals surface area contributed by atoms with Gasteiger partial charge in [0.15, 0.2) is 0 Å². The SMILES string of the molecule is [B]C(Nc1cc(Cl)c2ncc(C#N)c(NCC(C)(C)c3ccccn3)c2c1)(c1ccc(F)cc1)c1cn(C2CC2)nn1. The molecule has 0 spiro atoms. The molecule has 6 rings (SSSR count). The maximum atomic E-state index is 13.9. The summed E-state index contributed by atoms with van der Waals surface area (Å²) in [4.78, 5) is 8.99. The Labute approximate surface area is 249 Å². The average molecular weight is 577 g/mol. The molecule has 0 amide bonds. The molecule has 2 aromatic carbocycles. The lowest BCUT2D eigenvalue weighted by Gasteiger charge is -2.32. The van der Waals surface area contributed by atoms with Gasteiger partial charge < -0.3 is 10.6 Å². The Morgan fingerprint density at radius 2 is 1.90 bits per heavy atom. The van der Waals surface area contributed by atoms with Gasteiger partial charge in [-0.05, 0) is 54.8 Å². The van der Waals surface area contributed by atoms with Crippen molar-refractivity contribution in [3.05, 3.63) is 107 Å². The summed E-state index contributed by atoms with van der Waals surface area (Å²) in [6.45, 7) is 4.66. The lowest BCUT2D eigenvalue weighted by atomic mass is 9.69. The first-order valence-corrected chi connectivity index (χ1v) is 14.0. The summed E-state index contributed by atoms with van der Waals surface area (Å²) in [7, 11) is 7.04. The standard InChI is InChI=1S/C31H27BClFN8/c1-30(2,26-5-3-4-12-36-26)18-38-28-19(15-35)16-37-29-24(28)13-22(14-25(29)33)39-31(32,20-6-8-21(34)9-7-20)27-17-42(41-40-27)23-10-11-23/h3-9,12-14,16-17,23,39H,10-11,18H2,1-2H3,(H,37,38). The molecule has 0 bridgehead atoms. The number of hydrogen-bond acceptors (Lipinski definition) is 7. The van der Waals surface area contributed by atoms with E-state index in [1.165, 1.54) is 18.3 Å². The van der Waals surface area contributed by atoms with Crippen molar-refractivity contribution >= 4 is 41.7 Å². The Hall–Kier alpha value is -4.49. The second kappa shape index (κ2) is 10.7. The molecule has 42 heavy (non-hydrogen) atoms. The van der Waals surface area contributed by atoms with Gasteiger partial charge in [0.2, 0.25) is 0 Å². The van der Waals surface area contributed by atoms with Crippen LogP contribution in [0.1, 0.15) is 55.2 Å². The highest BCUT2D eigenvalue weighted by Crippen LogP contribution is 2.39. The van der Waals surface area contributed by atoms with Crippen LogP contribution < -0.4 is 10.6 Å². The Bertz CT molecular complexity index is 1800. The van der Waals surface area contributed by atoms with Gasteiger partial charge in [-0.1, -0.05) is 48.9 Å². The van der Waals surface area contributed by atoms with Gasteiger partial charge in [-0.3, -0.25) is 9.97 Å². The molecule has 3 heterocycles. The zero-order valence-corrected chi connectivity index (χ0v) is 23.9. The Kier molecular flexibility index (Phi) is 7.07. The van der Waals surface area contributed by atoms with Gasteiger partial charge >= 0.3 is 0 Å². The maximum absolute atomic E-state index is 13.9. The molecule has 5 aromatic rings. The van der Waals surface area contributed by atoms with Crippen LogP contribution in [-0.2, 0) is 10.9 Å². The number of fused-ring (bicyclic) bond motifs is 1. The molecule has 1 fully saturated rings. The van der Waals surface area contributed by atoms with Gasteiger partial charge in [0.25, 0.3) is 0 Å². The summed E-state index contributed by atoms with van der Waals surface area (Å²) in [6, 6.07) is 17.9. The van der Waals surface area contributed by atoms with E-state index >= 15 is 0 Å². The molecule has 1 atom stereocenters. The van der Waals surface area contributed by atoms with E-state index in [0.29, 0.717) is 56.7 Å². The minimum absolute atomic E-state index is 0.304. The van der Waals surface area contributed by atoms with Gasteiger partial charge in [-0.15, -0.1) is 5.10 Å². The van der Waals surface area contributed by atoms with E-state index in [0.717, 1.165) is 18.5 Å². The van der Waals surface area contributed by atoms with Crippen molar-refractivity contribution in [1.29, 1.82) is 5.26 Å². The van der Waals surface area contributed by atoms with Crippen LogP contribution in [0.3, 0.4) is 0 Å². The summed E-state index contributed by atoms with van der Waals surface area (Å²) >= 11 is 6.77. The predicted octanol–water partition coefficient (Wildman–Crippen LogP) is 6.09. The largest absolute Gasteiger partial charge is 0.382 e. The summed E-state index contributed by atoms with van der Waals surface area (Å²) in [5.74, 6) is -0.379. The average Bonchev–Trinajstić information content (AvgIpc) is 3.72. The van der Waals surface area contributed by atoms with Gasteiger partial charge in [0.1, 0.15) is 25.4 Å². The molecule has 1 aliphatic rings. The van der Waals surface area contributed by atoms with Gasteiger partial charge in [-0.2, -0.15) is 5.26 Å². The normalized spacial score (nSPS) is 14.7. The number of nitrogens with one attached hydrogen (secondary N) is 2. The van der Waals surface area contributed by atoms with Crippen molar-refractivity contribution in [1.82, 2.24) is 25.0 Å². The van der Waals surface area contributed by atoms with Crippen molar-refractivity contribution < 1.29 is 4.39 Å². The number of rotatable bonds is 9. The Morgan fingerprint density at radius 1 is 1.12 bits per heavy atom. The number of pyridine rings is 2. The third-order valence-electron chi connectivity index (χ3n) is 7.59. The molecule has 208 valence electrons. The fraction of sp³-hybridized carbons (Fsp3) is 0.258. The molecular formula is C31H27BClFN8. The zero-order valence-electron chi connectivity index (χ0n) is 23.1. The number of nitriles is 1. The molecular weight excluding hydrogens is 550 g/mol. The van der Waals surface area contributed by atoms with E-state index in [1.54, 1.807) is 24.4 Å². The molecule has 11 heteroatoms. The van der Waals surface area contributed by atoms with Crippen LogP contribution in [-0.4, -0.2) is 39.4 Å². The van der Waals surface area contributed by atoms with Crippen LogP contribution in [0.5, 0.6) is 0 Å². The molecule has 2 N–H and O–H groups in total. The smallest absolute Gasteiger partial charge is 0.123 e. The fourth-order valence-electron chi connectivity index (χ4n) is 4.97.